The first-order valence-electron chi connectivity index (χ1n) is 7.47. The molecule has 0 spiro atoms. The normalized spacial score (nSPS) is 21.9. The second kappa shape index (κ2) is 10.6. The fourth-order valence-electron chi connectivity index (χ4n) is 2.15. The van der Waals surface area contributed by atoms with E-state index in [1.807, 2.05) is 0 Å². The maximum atomic E-state index is 9.77. The minimum Gasteiger partial charge on any atom is -0.389 e. The smallest absolute Gasteiger partial charge is 0.0897 e. The van der Waals surface area contributed by atoms with E-state index in [0.717, 1.165) is 39.0 Å². The molecule has 0 aromatic heterocycles. The molecule has 0 aromatic carbocycles. The number of hydrogen-bond acceptors (Lipinski definition) is 5. The molecule has 0 aliphatic carbocycles. The van der Waals surface area contributed by atoms with Crippen LogP contribution >= 0.6 is 0 Å². The highest BCUT2D eigenvalue weighted by molar-refractivity contribution is 4.79. The molecule has 0 saturated carbocycles. The highest BCUT2D eigenvalue weighted by Gasteiger charge is 2.19. The number of hydrogen-bond donors (Lipinski definition) is 2. The van der Waals surface area contributed by atoms with Gasteiger partial charge in [0.05, 0.1) is 25.9 Å². The van der Waals surface area contributed by atoms with Gasteiger partial charge in [-0.05, 0) is 26.4 Å². The quantitative estimate of drug-likeness (QED) is 0.537. The lowest BCUT2D eigenvalue weighted by Gasteiger charge is -2.16. The summed E-state index contributed by atoms with van der Waals surface area (Å²) in [5.74, 6) is 0. The van der Waals surface area contributed by atoms with E-state index in [0.29, 0.717) is 32.4 Å². The molecule has 0 amide bonds. The SMILES string of the molecule is CCCCOCCOCC(O)CNC1CCN(C)C1. The highest BCUT2D eigenvalue weighted by Crippen LogP contribution is 2.05. The van der Waals surface area contributed by atoms with Crippen molar-refractivity contribution in [3.63, 3.8) is 0 Å². The van der Waals surface area contributed by atoms with Gasteiger partial charge in [-0.2, -0.15) is 0 Å². The Morgan fingerprint density at radius 3 is 2.79 bits per heavy atom. The van der Waals surface area contributed by atoms with E-state index in [1.165, 1.54) is 0 Å². The van der Waals surface area contributed by atoms with Crippen LogP contribution in [0.3, 0.4) is 0 Å². The molecule has 5 nitrogen and oxygen atoms in total. The van der Waals surface area contributed by atoms with E-state index >= 15 is 0 Å². The van der Waals surface area contributed by atoms with Crippen molar-refractivity contribution in [2.75, 3.05) is 53.1 Å². The van der Waals surface area contributed by atoms with Crippen LogP contribution in [-0.2, 0) is 9.47 Å². The summed E-state index contributed by atoms with van der Waals surface area (Å²) in [6, 6.07) is 0.511. The number of nitrogens with zero attached hydrogens (tertiary/aromatic N) is 1. The Hall–Kier alpha value is -0.200. The molecular weight excluding hydrogens is 244 g/mol. The molecule has 114 valence electrons. The lowest BCUT2D eigenvalue weighted by Crippen LogP contribution is -2.38. The molecule has 1 aliphatic rings. The number of rotatable bonds is 11. The Morgan fingerprint density at radius 1 is 1.32 bits per heavy atom. The van der Waals surface area contributed by atoms with Gasteiger partial charge < -0.3 is 24.8 Å². The van der Waals surface area contributed by atoms with Crippen molar-refractivity contribution in [1.29, 1.82) is 0 Å². The molecule has 2 N–H and O–H groups in total. The summed E-state index contributed by atoms with van der Waals surface area (Å²) in [6.07, 6.45) is 2.99. The van der Waals surface area contributed by atoms with Crippen molar-refractivity contribution in [3.8, 4) is 0 Å². The standard InChI is InChI=1S/C14H30N2O3/c1-3-4-7-18-8-9-19-12-14(17)10-15-13-5-6-16(2)11-13/h13-15,17H,3-12H2,1-2H3. The van der Waals surface area contributed by atoms with Crippen LogP contribution in [0.4, 0.5) is 0 Å². The van der Waals surface area contributed by atoms with Gasteiger partial charge in [0.1, 0.15) is 0 Å². The Kier molecular flexibility index (Phi) is 9.38. The minimum atomic E-state index is -0.429. The average molecular weight is 274 g/mol. The summed E-state index contributed by atoms with van der Waals surface area (Å²) < 4.78 is 10.8. The number of likely N-dealkylation sites (N-methyl/N-ethyl adjacent to an activating group) is 1. The van der Waals surface area contributed by atoms with Crippen LogP contribution in [0, 0.1) is 0 Å². The second-order valence-electron chi connectivity index (χ2n) is 5.35. The van der Waals surface area contributed by atoms with Crippen molar-refractivity contribution in [2.45, 2.75) is 38.3 Å². The number of ether oxygens (including phenoxy) is 2. The van der Waals surface area contributed by atoms with Gasteiger partial charge in [-0.15, -0.1) is 0 Å². The van der Waals surface area contributed by atoms with Gasteiger partial charge in [0.15, 0.2) is 0 Å². The monoisotopic (exact) mass is 274 g/mol. The molecule has 1 aliphatic heterocycles. The van der Waals surface area contributed by atoms with Crippen LogP contribution in [0.1, 0.15) is 26.2 Å². The fourth-order valence-corrected chi connectivity index (χ4v) is 2.15. The topological polar surface area (TPSA) is 54.0 Å². The average Bonchev–Trinajstić information content (AvgIpc) is 2.81. The Bertz CT molecular complexity index is 217. The number of likely N-dealkylation sites (tertiary alicyclic amines) is 1. The maximum Gasteiger partial charge on any atom is 0.0897 e. The van der Waals surface area contributed by atoms with Crippen LogP contribution in [0.25, 0.3) is 0 Å². The van der Waals surface area contributed by atoms with Crippen molar-refractivity contribution in [3.05, 3.63) is 0 Å². The molecule has 0 radical (unpaired) electrons. The van der Waals surface area contributed by atoms with Crippen LogP contribution in [0.5, 0.6) is 0 Å². The van der Waals surface area contributed by atoms with Crippen molar-refractivity contribution in [1.82, 2.24) is 10.2 Å². The van der Waals surface area contributed by atoms with E-state index in [-0.39, 0.29) is 0 Å². The summed E-state index contributed by atoms with van der Waals surface area (Å²) in [6.45, 7) is 7.32. The minimum absolute atomic E-state index is 0.382. The lowest BCUT2D eigenvalue weighted by molar-refractivity contribution is 0.00329. The third-order valence-electron chi connectivity index (χ3n) is 3.36. The predicted octanol–water partition coefficient (Wildman–Crippen LogP) is 0.474. The summed E-state index contributed by atoms with van der Waals surface area (Å²) >= 11 is 0. The Labute approximate surface area is 117 Å². The van der Waals surface area contributed by atoms with Crippen LogP contribution in [0.2, 0.25) is 0 Å². The van der Waals surface area contributed by atoms with Crippen molar-refractivity contribution < 1.29 is 14.6 Å². The van der Waals surface area contributed by atoms with Crippen molar-refractivity contribution >= 4 is 0 Å². The number of unbranched alkanes of at least 4 members (excludes halogenated alkanes) is 1. The van der Waals surface area contributed by atoms with Gasteiger partial charge in [0.2, 0.25) is 0 Å². The third kappa shape index (κ3) is 8.55. The third-order valence-corrected chi connectivity index (χ3v) is 3.36. The predicted molar refractivity (Wildman–Crippen MR) is 76.5 cm³/mol. The Balaban J connectivity index is 1.86. The zero-order valence-corrected chi connectivity index (χ0v) is 12.4. The van der Waals surface area contributed by atoms with Crippen LogP contribution in [0.15, 0.2) is 0 Å². The molecule has 2 atom stereocenters. The van der Waals surface area contributed by atoms with Gasteiger partial charge >= 0.3 is 0 Å². The van der Waals surface area contributed by atoms with E-state index in [1.54, 1.807) is 0 Å². The molecule has 1 fully saturated rings. The van der Waals surface area contributed by atoms with Gasteiger partial charge in [-0.25, -0.2) is 0 Å². The van der Waals surface area contributed by atoms with E-state index in [2.05, 4.69) is 24.2 Å². The molecule has 1 heterocycles. The number of nitrogens with one attached hydrogen (secondary N) is 1. The highest BCUT2D eigenvalue weighted by atomic mass is 16.5. The molecule has 1 saturated heterocycles. The maximum absolute atomic E-state index is 9.77. The summed E-state index contributed by atoms with van der Waals surface area (Å²) in [5.41, 5.74) is 0. The Morgan fingerprint density at radius 2 is 2.11 bits per heavy atom. The summed E-state index contributed by atoms with van der Waals surface area (Å²) in [5, 5.41) is 13.2. The molecule has 0 bridgehead atoms. The molecule has 19 heavy (non-hydrogen) atoms. The lowest BCUT2D eigenvalue weighted by atomic mass is 10.2. The van der Waals surface area contributed by atoms with Gasteiger partial charge in [-0.1, -0.05) is 13.3 Å². The second-order valence-corrected chi connectivity index (χ2v) is 5.35. The van der Waals surface area contributed by atoms with E-state index < -0.39 is 6.10 Å². The van der Waals surface area contributed by atoms with Crippen molar-refractivity contribution in [2.24, 2.45) is 0 Å². The first-order chi connectivity index (χ1) is 9.22. The van der Waals surface area contributed by atoms with Gasteiger partial charge in [-0.3, -0.25) is 0 Å². The van der Waals surface area contributed by atoms with E-state index in [4.69, 9.17) is 9.47 Å². The van der Waals surface area contributed by atoms with Gasteiger partial charge in [0.25, 0.3) is 0 Å². The van der Waals surface area contributed by atoms with Gasteiger partial charge in [0, 0.05) is 25.7 Å². The molecule has 5 heteroatoms. The largest absolute Gasteiger partial charge is 0.389 e. The van der Waals surface area contributed by atoms with Crippen LogP contribution < -0.4 is 5.32 Å². The molecule has 2 unspecified atom stereocenters. The number of aliphatic hydroxyl groups is 1. The first kappa shape index (κ1) is 16.9. The van der Waals surface area contributed by atoms with E-state index in [9.17, 15) is 5.11 Å². The molecule has 1 rings (SSSR count). The summed E-state index contributed by atoms with van der Waals surface area (Å²) in [7, 11) is 2.12. The zero-order chi connectivity index (χ0) is 13.9. The fraction of sp³-hybridized carbons (Fsp3) is 1.00. The molecule has 0 aromatic rings. The molecular formula is C14H30N2O3. The summed E-state index contributed by atoms with van der Waals surface area (Å²) in [4.78, 5) is 2.30. The van der Waals surface area contributed by atoms with Crippen LogP contribution in [-0.4, -0.2) is 75.3 Å². The zero-order valence-electron chi connectivity index (χ0n) is 12.4. The number of aliphatic hydroxyl groups excluding tert-OH is 1. The first-order valence-corrected chi connectivity index (χ1v) is 7.47.